The number of thiazole rings is 1. The number of amides is 1. The van der Waals surface area contributed by atoms with Gasteiger partial charge >= 0.3 is 7.12 Å². The highest BCUT2D eigenvalue weighted by Crippen LogP contribution is 2.42. The number of hydrogen-bond acceptors (Lipinski definition) is 5. The first-order valence-electron chi connectivity index (χ1n) is 9.21. The van der Waals surface area contributed by atoms with E-state index in [9.17, 15) is 4.79 Å². The number of carbonyl (C=O) groups is 1. The van der Waals surface area contributed by atoms with Crippen molar-refractivity contribution in [3.63, 3.8) is 0 Å². The molecule has 2 aromatic rings. The number of fused-ring (bicyclic) bond motifs is 1. The van der Waals surface area contributed by atoms with Crippen molar-refractivity contribution < 1.29 is 14.1 Å². The van der Waals surface area contributed by atoms with Gasteiger partial charge in [-0.25, -0.2) is 4.98 Å². The summed E-state index contributed by atoms with van der Waals surface area (Å²) in [5, 5.41) is 0. The largest absolute Gasteiger partial charge is 0.463 e. The summed E-state index contributed by atoms with van der Waals surface area (Å²) in [6.07, 6.45) is 1.36. The molecular formula is C19H25BN2O3S. The molecule has 138 valence electrons. The van der Waals surface area contributed by atoms with Crippen molar-refractivity contribution in [1.82, 2.24) is 9.88 Å². The molecule has 2 aliphatic rings. The van der Waals surface area contributed by atoms with Crippen molar-refractivity contribution in [2.75, 3.05) is 13.1 Å². The molecule has 1 aromatic carbocycles. The molecule has 1 aromatic heterocycles. The van der Waals surface area contributed by atoms with E-state index >= 15 is 0 Å². The van der Waals surface area contributed by atoms with Crippen LogP contribution in [0.3, 0.4) is 0 Å². The van der Waals surface area contributed by atoms with E-state index in [2.05, 4.69) is 38.7 Å². The summed E-state index contributed by atoms with van der Waals surface area (Å²) in [7, 11) is -0.230. The van der Waals surface area contributed by atoms with Gasteiger partial charge in [-0.3, -0.25) is 4.79 Å². The minimum Gasteiger partial charge on any atom is -0.403 e. The topological polar surface area (TPSA) is 51.7 Å². The van der Waals surface area contributed by atoms with E-state index in [1.807, 2.05) is 22.5 Å². The summed E-state index contributed by atoms with van der Waals surface area (Å²) in [6.45, 7) is 9.76. The molecule has 0 bridgehead atoms. The van der Waals surface area contributed by atoms with Crippen LogP contribution in [0, 0.1) is 0 Å². The van der Waals surface area contributed by atoms with Gasteiger partial charge in [0.2, 0.25) is 5.91 Å². The second kappa shape index (κ2) is 6.32. The molecular weight excluding hydrogens is 347 g/mol. The zero-order valence-electron chi connectivity index (χ0n) is 15.8. The third-order valence-corrected chi connectivity index (χ3v) is 6.78. The molecule has 2 fully saturated rings. The Morgan fingerprint density at radius 1 is 1.31 bits per heavy atom. The Kier molecular flexibility index (Phi) is 4.37. The highest BCUT2D eigenvalue weighted by atomic mass is 32.1. The summed E-state index contributed by atoms with van der Waals surface area (Å²) in [5.74, 6) is 0.414. The summed E-state index contributed by atoms with van der Waals surface area (Å²) >= 11 is 1.61. The minimum atomic E-state index is -0.320. The molecule has 1 atom stereocenters. The maximum Gasteiger partial charge on any atom is 0.463 e. The van der Waals surface area contributed by atoms with Gasteiger partial charge in [-0.05, 0) is 51.8 Å². The first-order valence-corrected chi connectivity index (χ1v) is 10.1. The molecule has 2 aliphatic heterocycles. The average Bonchev–Trinajstić information content (AvgIpc) is 3.26. The van der Waals surface area contributed by atoms with E-state index in [0.717, 1.165) is 28.7 Å². The fourth-order valence-corrected chi connectivity index (χ4v) is 4.35. The molecule has 7 heteroatoms. The SMILES string of the molecule is CC1(C)OB(C2CCN(C(=O)Cc3ccc4ncsc4c3)C2)OC1(C)C. The van der Waals surface area contributed by atoms with Crippen molar-refractivity contribution in [2.45, 2.75) is 57.6 Å². The number of carbonyl (C=O) groups excluding carboxylic acids is 1. The van der Waals surface area contributed by atoms with Crippen LogP contribution in [-0.2, 0) is 20.5 Å². The molecule has 1 unspecified atom stereocenters. The summed E-state index contributed by atoms with van der Waals surface area (Å²) < 4.78 is 13.5. The maximum absolute atomic E-state index is 12.7. The lowest BCUT2D eigenvalue weighted by molar-refractivity contribution is -0.129. The predicted molar refractivity (Wildman–Crippen MR) is 104 cm³/mol. The van der Waals surface area contributed by atoms with Crippen LogP contribution in [0.5, 0.6) is 0 Å². The number of nitrogens with zero attached hydrogens (tertiary/aromatic N) is 2. The molecule has 26 heavy (non-hydrogen) atoms. The molecule has 3 heterocycles. The minimum absolute atomic E-state index is 0.174. The number of benzene rings is 1. The second-order valence-electron chi connectivity index (χ2n) is 8.34. The van der Waals surface area contributed by atoms with E-state index in [0.29, 0.717) is 13.0 Å². The van der Waals surface area contributed by atoms with Gasteiger partial charge in [0.1, 0.15) is 0 Å². The van der Waals surface area contributed by atoms with Gasteiger partial charge in [-0.2, -0.15) is 0 Å². The standard InChI is InChI=1S/C19H25BN2O3S/c1-18(2)19(3,4)25-20(24-18)14-7-8-22(11-14)17(23)10-13-5-6-15-16(9-13)26-12-21-15/h5-6,9,12,14H,7-8,10-11H2,1-4H3. The zero-order chi connectivity index (χ0) is 18.5. The van der Waals surface area contributed by atoms with Crippen LogP contribution in [0.25, 0.3) is 10.2 Å². The number of rotatable bonds is 3. The molecule has 2 saturated heterocycles. The van der Waals surface area contributed by atoms with Gasteiger partial charge in [0.25, 0.3) is 0 Å². The summed E-state index contributed by atoms with van der Waals surface area (Å²) in [5.41, 5.74) is 3.24. The monoisotopic (exact) mass is 372 g/mol. The van der Waals surface area contributed by atoms with E-state index in [-0.39, 0.29) is 30.0 Å². The van der Waals surface area contributed by atoms with E-state index in [1.54, 1.807) is 11.3 Å². The van der Waals surface area contributed by atoms with Gasteiger partial charge in [-0.1, -0.05) is 6.07 Å². The van der Waals surface area contributed by atoms with Crippen LogP contribution in [0.1, 0.15) is 39.7 Å². The van der Waals surface area contributed by atoms with Crippen molar-refractivity contribution in [1.29, 1.82) is 0 Å². The molecule has 0 N–H and O–H groups in total. The van der Waals surface area contributed by atoms with Gasteiger partial charge in [-0.15, -0.1) is 11.3 Å². The van der Waals surface area contributed by atoms with Crippen molar-refractivity contribution in [2.24, 2.45) is 0 Å². The number of aromatic nitrogens is 1. The van der Waals surface area contributed by atoms with Gasteiger partial charge in [0, 0.05) is 18.9 Å². The van der Waals surface area contributed by atoms with Gasteiger partial charge in [0.15, 0.2) is 0 Å². The van der Waals surface area contributed by atoms with Crippen LogP contribution in [0.4, 0.5) is 0 Å². The van der Waals surface area contributed by atoms with E-state index in [4.69, 9.17) is 9.31 Å². The number of likely N-dealkylation sites (tertiary alicyclic amines) is 1. The predicted octanol–water partition coefficient (Wildman–Crippen LogP) is 3.53. The first-order chi connectivity index (χ1) is 12.2. The Morgan fingerprint density at radius 2 is 2.04 bits per heavy atom. The maximum atomic E-state index is 12.7. The van der Waals surface area contributed by atoms with Crippen molar-refractivity contribution in [3.8, 4) is 0 Å². The zero-order valence-corrected chi connectivity index (χ0v) is 16.6. The molecule has 0 radical (unpaired) electrons. The van der Waals surface area contributed by atoms with Crippen LogP contribution in [0.15, 0.2) is 23.7 Å². The van der Waals surface area contributed by atoms with Crippen LogP contribution in [0.2, 0.25) is 5.82 Å². The Morgan fingerprint density at radius 3 is 2.77 bits per heavy atom. The third-order valence-electron chi connectivity index (χ3n) is 5.98. The van der Waals surface area contributed by atoms with Gasteiger partial charge < -0.3 is 14.2 Å². The molecule has 0 spiro atoms. The Bertz CT molecular complexity index is 819. The molecule has 0 saturated carbocycles. The Balaban J connectivity index is 1.38. The summed E-state index contributed by atoms with van der Waals surface area (Å²) in [4.78, 5) is 19.0. The van der Waals surface area contributed by atoms with Crippen LogP contribution < -0.4 is 0 Å². The molecule has 1 amide bonds. The van der Waals surface area contributed by atoms with E-state index < -0.39 is 0 Å². The highest BCUT2D eigenvalue weighted by Gasteiger charge is 2.54. The lowest BCUT2D eigenvalue weighted by atomic mass is 9.71. The van der Waals surface area contributed by atoms with E-state index in [1.165, 1.54) is 0 Å². The summed E-state index contributed by atoms with van der Waals surface area (Å²) in [6, 6.07) is 6.07. The fraction of sp³-hybridized carbons (Fsp3) is 0.579. The van der Waals surface area contributed by atoms with Gasteiger partial charge in [0.05, 0.1) is 33.4 Å². The fourth-order valence-electron chi connectivity index (χ4n) is 3.61. The molecule has 4 rings (SSSR count). The Labute approximate surface area is 158 Å². The number of hydrogen-bond donors (Lipinski definition) is 0. The smallest absolute Gasteiger partial charge is 0.403 e. The molecule has 5 nitrogen and oxygen atoms in total. The lowest BCUT2D eigenvalue weighted by Gasteiger charge is -2.32. The van der Waals surface area contributed by atoms with Crippen molar-refractivity contribution >= 4 is 34.6 Å². The lowest BCUT2D eigenvalue weighted by Crippen LogP contribution is -2.41. The Hall–Kier alpha value is -1.44. The normalized spacial score (nSPS) is 24.5. The van der Waals surface area contributed by atoms with Crippen molar-refractivity contribution in [3.05, 3.63) is 29.3 Å². The quantitative estimate of drug-likeness (QED) is 0.774. The second-order valence-corrected chi connectivity index (χ2v) is 9.23. The van der Waals surface area contributed by atoms with Crippen LogP contribution >= 0.6 is 11.3 Å². The third kappa shape index (κ3) is 3.17. The highest BCUT2D eigenvalue weighted by molar-refractivity contribution is 7.16. The molecule has 0 aliphatic carbocycles. The first kappa shape index (κ1) is 18.0. The van der Waals surface area contributed by atoms with Crippen LogP contribution in [-0.4, -0.2) is 47.2 Å². The average molecular weight is 372 g/mol.